The molecule has 0 aliphatic heterocycles. The number of imidazole rings is 1. The van der Waals surface area contributed by atoms with E-state index in [4.69, 9.17) is 9.97 Å². The van der Waals surface area contributed by atoms with Gasteiger partial charge in [0.2, 0.25) is 15.9 Å². The van der Waals surface area contributed by atoms with Crippen LogP contribution in [-0.4, -0.2) is 50.7 Å². The molecule has 234 valence electrons. The Hall–Kier alpha value is -5.01. The molecule has 0 bridgehead atoms. The van der Waals surface area contributed by atoms with Crippen molar-refractivity contribution in [2.24, 2.45) is 5.92 Å². The van der Waals surface area contributed by atoms with Crippen LogP contribution < -0.4 is 10.0 Å². The number of nitrogens with one attached hydrogen (secondary N) is 4. The largest absolute Gasteiger partial charge is 0.336 e. The lowest BCUT2D eigenvalue weighted by molar-refractivity contribution is -0.120. The molecule has 0 unspecified atom stereocenters. The van der Waals surface area contributed by atoms with E-state index < -0.39 is 15.8 Å². The van der Waals surface area contributed by atoms with Crippen LogP contribution in [0, 0.1) is 11.7 Å². The summed E-state index contributed by atoms with van der Waals surface area (Å²) in [4.78, 5) is 30.2. The van der Waals surface area contributed by atoms with Crippen molar-refractivity contribution < 1.29 is 17.6 Å². The molecule has 6 aromatic rings. The van der Waals surface area contributed by atoms with Gasteiger partial charge in [-0.2, -0.15) is 5.10 Å². The van der Waals surface area contributed by atoms with E-state index >= 15 is 0 Å². The Morgan fingerprint density at radius 1 is 0.957 bits per heavy atom. The number of carbonyl (C=O) groups excluding carboxylic acids is 1. The second-order valence-electron chi connectivity index (χ2n) is 11.7. The standard InChI is InChI=1S/C33H31FN8O3S/c1-46(44,45)36-16-19-12-21(14-23(34)13-19)25-8-5-9-27-29(25)40-32(39-27)31-30-28(41-42-31)11-10-26(38-30)22-15-24(18-35-17-22)37-33(43)20-6-3-2-4-7-20/h5,8-15,17-18,20,36H,2-4,6-7,16H2,1H3,(H,37,43)(H,39,40)(H,41,42). The van der Waals surface area contributed by atoms with Crippen molar-refractivity contribution in [3.63, 3.8) is 0 Å². The number of para-hydroxylation sites is 1. The number of pyridine rings is 2. The highest BCUT2D eigenvalue weighted by Gasteiger charge is 2.22. The van der Waals surface area contributed by atoms with Crippen LogP contribution in [0.3, 0.4) is 0 Å². The molecule has 4 heterocycles. The SMILES string of the molecule is CS(=O)(=O)NCc1cc(F)cc(-c2cccc3[nH]c(-c4n[nH]c5ccc(-c6cncc(NC(=O)C7CCCCC7)c6)nc45)nc23)c1. The van der Waals surface area contributed by atoms with Gasteiger partial charge >= 0.3 is 0 Å². The molecule has 0 saturated heterocycles. The molecule has 0 radical (unpaired) electrons. The zero-order chi connectivity index (χ0) is 31.8. The minimum Gasteiger partial charge on any atom is -0.336 e. The van der Waals surface area contributed by atoms with Gasteiger partial charge in [0.05, 0.1) is 40.4 Å². The van der Waals surface area contributed by atoms with E-state index in [1.165, 1.54) is 18.6 Å². The van der Waals surface area contributed by atoms with Gasteiger partial charge in [0.25, 0.3) is 0 Å². The van der Waals surface area contributed by atoms with Crippen LogP contribution in [-0.2, 0) is 21.4 Å². The van der Waals surface area contributed by atoms with E-state index in [1.54, 1.807) is 18.5 Å². The number of anilines is 1. The minimum atomic E-state index is -3.45. The molecule has 46 heavy (non-hydrogen) atoms. The van der Waals surface area contributed by atoms with Gasteiger partial charge in [-0.15, -0.1) is 0 Å². The number of aromatic amines is 2. The van der Waals surface area contributed by atoms with Crippen LogP contribution in [0.4, 0.5) is 10.1 Å². The Bertz CT molecular complexity index is 2210. The third kappa shape index (κ3) is 6.24. The van der Waals surface area contributed by atoms with Crippen LogP contribution in [0.2, 0.25) is 0 Å². The van der Waals surface area contributed by atoms with Gasteiger partial charge in [0.1, 0.15) is 11.3 Å². The predicted octanol–water partition coefficient (Wildman–Crippen LogP) is 5.94. The third-order valence-corrected chi connectivity index (χ3v) is 8.90. The predicted molar refractivity (Wildman–Crippen MR) is 174 cm³/mol. The zero-order valence-electron chi connectivity index (χ0n) is 25.0. The molecular weight excluding hydrogens is 607 g/mol. The fraction of sp³-hybridized carbons (Fsp3) is 0.242. The molecule has 1 amide bonds. The molecule has 1 aliphatic carbocycles. The molecular formula is C33H31FN8O3S. The monoisotopic (exact) mass is 638 g/mol. The summed E-state index contributed by atoms with van der Waals surface area (Å²) in [6.07, 6.45) is 9.57. The number of fused-ring (bicyclic) bond motifs is 2. The maximum Gasteiger partial charge on any atom is 0.227 e. The Balaban J connectivity index is 1.21. The highest BCUT2D eigenvalue weighted by atomic mass is 32.2. The normalized spacial score (nSPS) is 14.2. The van der Waals surface area contributed by atoms with Gasteiger partial charge in [-0.05, 0) is 66.4 Å². The molecule has 0 atom stereocenters. The average molecular weight is 639 g/mol. The highest BCUT2D eigenvalue weighted by molar-refractivity contribution is 7.88. The maximum atomic E-state index is 14.6. The zero-order valence-corrected chi connectivity index (χ0v) is 25.8. The summed E-state index contributed by atoms with van der Waals surface area (Å²) < 4.78 is 40.2. The Morgan fingerprint density at radius 3 is 2.63 bits per heavy atom. The summed E-state index contributed by atoms with van der Waals surface area (Å²) in [5, 5.41) is 10.6. The number of hydrogen-bond donors (Lipinski definition) is 4. The van der Waals surface area contributed by atoms with Crippen molar-refractivity contribution in [3.8, 4) is 33.9 Å². The summed E-state index contributed by atoms with van der Waals surface area (Å²) in [6, 6.07) is 15.6. The van der Waals surface area contributed by atoms with Crippen LogP contribution in [0.15, 0.2) is 67.0 Å². The number of carbonyl (C=O) groups is 1. The van der Waals surface area contributed by atoms with E-state index in [-0.39, 0.29) is 18.4 Å². The number of amides is 1. The summed E-state index contributed by atoms with van der Waals surface area (Å²) in [5.41, 5.74) is 6.86. The summed E-state index contributed by atoms with van der Waals surface area (Å²) in [5.74, 6) is 0.0473. The van der Waals surface area contributed by atoms with Gasteiger partial charge in [0, 0.05) is 29.8 Å². The lowest BCUT2D eigenvalue weighted by Crippen LogP contribution is -2.24. The van der Waals surface area contributed by atoms with E-state index in [0.717, 1.165) is 37.5 Å². The summed E-state index contributed by atoms with van der Waals surface area (Å²) in [6.45, 7) is -0.0377. The van der Waals surface area contributed by atoms with Gasteiger partial charge in [0.15, 0.2) is 11.5 Å². The first-order valence-electron chi connectivity index (χ1n) is 15.1. The topological polar surface area (TPSA) is 158 Å². The molecule has 7 rings (SSSR count). The fourth-order valence-corrected chi connectivity index (χ4v) is 6.41. The number of nitrogens with zero attached hydrogens (tertiary/aromatic N) is 4. The summed E-state index contributed by atoms with van der Waals surface area (Å²) >= 11 is 0. The number of aromatic nitrogens is 6. The lowest BCUT2D eigenvalue weighted by atomic mass is 9.88. The van der Waals surface area contributed by atoms with E-state index in [2.05, 4.69) is 30.2 Å². The van der Waals surface area contributed by atoms with Crippen molar-refractivity contribution in [3.05, 3.63) is 78.4 Å². The Kier molecular flexibility index (Phi) is 7.79. The second kappa shape index (κ2) is 12.1. The number of benzene rings is 2. The van der Waals surface area contributed by atoms with Gasteiger partial charge in [-0.1, -0.05) is 31.4 Å². The maximum absolute atomic E-state index is 14.6. The average Bonchev–Trinajstić information content (AvgIpc) is 3.68. The smallest absolute Gasteiger partial charge is 0.227 e. The van der Waals surface area contributed by atoms with Gasteiger partial charge in [-0.25, -0.2) is 27.5 Å². The molecule has 4 N–H and O–H groups in total. The van der Waals surface area contributed by atoms with Crippen molar-refractivity contribution in [1.82, 2.24) is 34.9 Å². The van der Waals surface area contributed by atoms with Gasteiger partial charge in [-0.3, -0.25) is 14.9 Å². The molecule has 1 fully saturated rings. The highest BCUT2D eigenvalue weighted by Crippen LogP contribution is 2.33. The molecule has 0 spiro atoms. The first kappa shape index (κ1) is 29.7. The second-order valence-corrected chi connectivity index (χ2v) is 13.5. The molecule has 11 nitrogen and oxygen atoms in total. The van der Waals surface area contributed by atoms with Crippen molar-refractivity contribution >= 4 is 43.7 Å². The minimum absolute atomic E-state index is 0.0310. The van der Waals surface area contributed by atoms with Crippen molar-refractivity contribution in [2.75, 3.05) is 11.6 Å². The number of rotatable bonds is 8. The Morgan fingerprint density at radius 2 is 1.80 bits per heavy atom. The molecule has 13 heteroatoms. The Labute approximate surface area is 264 Å². The van der Waals surface area contributed by atoms with Gasteiger partial charge < -0.3 is 10.3 Å². The molecule has 4 aromatic heterocycles. The molecule has 1 aliphatic rings. The van der Waals surface area contributed by atoms with E-state index in [0.29, 0.717) is 61.7 Å². The number of sulfonamides is 1. The molecule has 2 aromatic carbocycles. The van der Waals surface area contributed by atoms with Crippen LogP contribution in [0.25, 0.3) is 56.0 Å². The first-order valence-corrected chi connectivity index (χ1v) is 16.9. The number of halogens is 1. The van der Waals surface area contributed by atoms with E-state index in [1.807, 2.05) is 36.4 Å². The van der Waals surface area contributed by atoms with Crippen molar-refractivity contribution in [1.29, 1.82) is 0 Å². The van der Waals surface area contributed by atoms with Crippen LogP contribution in [0.5, 0.6) is 0 Å². The summed E-state index contributed by atoms with van der Waals surface area (Å²) in [7, 11) is -3.45. The van der Waals surface area contributed by atoms with Crippen LogP contribution in [0.1, 0.15) is 37.7 Å². The number of H-pyrrole nitrogens is 2. The third-order valence-electron chi connectivity index (χ3n) is 8.23. The lowest BCUT2D eigenvalue weighted by Gasteiger charge is -2.20. The first-order chi connectivity index (χ1) is 22.2. The number of hydrogen-bond acceptors (Lipinski definition) is 7. The van der Waals surface area contributed by atoms with Crippen molar-refractivity contribution in [2.45, 2.75) is 38.6 Å². The van der Waals surface area contributed by atoms with E-state index in [9.17, 15) is 17.6 Å². The molecule has 1 saturated carbocycles. The fourth-order valence-electron chi connectivity index (χ4n) is 5.98. The quantitative estimate of drug-likeness (QED) is 0.161. The van der Waals surface area contributed by atoms with Crippen LogP contribution >= 0.6 is 0 Å².